The van der Waals surface area contributed by atoms with Crippen molar-refractivity contribution in [1.82, 2.24) is 34.7 Å². The molecule has 1 amide bonds. The average Bonchev–Trinajstić information content (AvgIpc) is 3.49. The predicted octanol–water partition coefficient (Wildman–Crippen LogP) is 1.34. The molecule has 2 aliphatic rings. The lowest BCUT2D eigenvalue weighted by Crippen LogP contribution is -2.40. The van der Waals surface area contributed by atoms with Gasteiger partial charge in [0.25, 0.3) is 5.91 Å². The molecule has 2 aliphatic heterocycles. The van der Waals surface area contributed by atoms with Gasteiger partial charge in [-0.25, -0.2) is 0 Å². The van der Waals surface area contributed by atoms with Crippen molar-refractivity contribution in [2.75, 3.05) is 39.9 Å². The van der Waals surface area contributed by atoms with Gasteiger partial charge in [-0.15, -0.1) is 0 Å². The Bertz CT molecular complexity index is 935. The van der Waals surface area contributed by atoms with E-state index in [1.807, 2.05) is 22.6 Å². The maximum Gasteiger partial charge on any atom is 0.272 e. The first-order valence-corrected chi connectivity index (χ1v) is 11.8. The number of likely N-dealkylation sites (N-methyl/N-ethyl adjacent to an activating group) is 1. The number of fused-ring (bicyclic) bond motifs is 1. The molecule has 1 N–H and O–H groups in total. The van der Waals surface area contributed by atoms with Gasteiger partial charge in [0.15, 0.2) is 5.69 Å². The molecule has 0 aliphatic carbocycles. The second kappa shape index (κ2) is 10.1. The zero-order valence-corrected chi connectivity index (χ0v) is 19.9. The molecule has 2 aromatic heterocycles. The Balaban J connectivity index is 1.50. The minimum Gasteiger partial charge on any atom is -0.383 e. The maximum absolute atomic E-state index is 13.2. The van der Waals surface area contributed by atoms with Crippen molar-refractivity contribution in [2.24, 2.45) is 7.05 Å². The minimum absolute atomic E-state index is 0.0558. The smallest absolute Gasteiger partial charge is 0.272 e. The average molecular weight is 444 g/mol. The van der Waals surface area contributed by atoms with Crippen LogP contribution in [0.1, 0.15) is 52.8 Å². The Morgan fingerprint density at radius 3 is 2.91 bits per heavy atom. The number of ether oxygens (including phenoxy) is 1. The first kappa shape index (κ1) is 22.9. The molecule has 0 radical (unpaired) electrons. The molecule has 1 atom stereocenters. The number of nitrogens with one attached hydrogen (secondary N) is 1. The lowest BCUT2D eigenvalue weighted by atomic mass is 10.0. The summed E-state index contributed by atoms with van der Waals surface area (Å²) in [4.78, 5) is 18.0. The van der Waals surface area contributed by atoms with Crippen molar-refractivity contribution in [1.29, 1.82) is 0 Å². The van der Waals surface area contributed by atoms with E-state index < -0.39 is 0 Å². The Kier molecular flexibility index (Phi) is 7.27. The van der Waals surface area contributed by atoms with Crippen molar-refractivity contribution in [3.05, 3.63) is 34.4 Å². The third-order valence-electron chi connectivity index (χ3n) is 7.07. The molecule has 9 heteroatoms. The summed E-state index contributed by atoms with van der Waals surface area (Å²) >= 11 is 0. The van der Waals surface area contributed by atoms with Crippen molar-refractivity contribution in [3.63, 3.8) is 0 Å². The number of methoxy groups -OCH3 is 1. The maximum atomic E-state index is 13.2. The van der Waals surface area contributed by atoms with Gasteiger partial charge in [-0.2, -0.15) is 10.2 Å². The zero-order chi connectivity index (χ0) is 22.7. The molecule has 1 fully saturated rings. The van der Waals surface area contributed by atoms with E-state index in [1.54, 1.807) is 7.11 Å². The number of aromatic nitrogens is 4. The summed E-state index contributed by atoms with van der Waals surface area (Å²) in [6.45, 7) is 10.9. The number of rotatable bonds is 9. The van der Waals surface area contributed by atoms with Crippen LogP contribution in [0.25, 0.3) is 0 Å². The van der Waals surface area contributed by atoms with Crippen LogP contribution < -0.4 is 5.32 Å². The first-order chi connectivity index (χ1) is 15.5. The second-order valence-electron chi connectivity index (χ2n) is 8.96. The Hall–Kier alpha value is -2.23. The fraction of sp³-hybridized carbons (Fsp3) is 0.696. The molecular formula is C23H37N7O2. The number of aryl methyl sites for hydroxylation is 1. The van der Waals surface area contributed by atoms with Crippen molar-refractivity contribution < 1.29 is 9.53 Å². The van der Waals surface area contributed by atoms with Crippen LogP contribution in [0, 0.1) is 6.92 Å². The number of hydrogen-bond acceptors (Lipinski definition) is 6. The Morgan fingerprint density at radius 2 is 2.19 bits per heavy atom. The van der Waals surface area contributed by atoms with Crippen LogP contribution in [-0.4, -0.2) is 81.2 Å². The minimum atomic E-state index is -0.0558. The molecule has 0 spiro atoms. The lowest BCUT2D eigenvalue weighted by Gasteiger charge is -2.27. The fourth-order valence-corrected chi connectivity index (χ4v) is 5.00. The molecule has 1 unspecified atom stereocenters. The van der Waals surface area contributed by atoms with E-state index in [2.05, 4.69) is 34.1 Å². The van der Waals surface area contributed by atoms with Crippen molar-refractivity contribution in [2.45, 2.75) is 58.8 Å². The highest BCUT2D eigenvalue weighted by atomic mass is 16.5. The molecule has 2 aromatic rings. The highest BCUT2D eigenvalue weighted by Gasteiger charge is 2.30. The summed E-state index contributed by atoms with van der Waals surface area (Å²) < 4.78 is 9.17. The van der Waals surface area contributed by atoms with Crippen LogP contribution in [0.3, 0.4) is 0 Å². The quantitative estimate of drug-likeness (QED) is 0.630. The third-order valence-corrected chi connectivity index (χ3v) is 7.07. The number of carbonyl (C=O) groups excluding carboxylic acids is 1. The van der Waals surface area contributed by atoms with Crippen LogP contribution >= 0.6 is 0 Å². The molecule has 0 saturated carbocycles. The van der Waals surface area contributed by atoms with Crippen LogP contribution in [0.5, 0.6) is 0 Å². The highest BCUT2D eigenvalue weighted by molar-refractivity contribution is 5.94. The summed E-state index contributed by atoms with van der Waals surface area (Å²) in [6, 6.07) is 0.431. The molecule has 9 nitrogen and oxygen atoms in total. The molecule has 4 rings (SSSR count). The summed E-state index contributed by atoms with van der Waals surface area (Å²) in [6.07, 6.45) is 5.18. The van der Waals surface area contributed by atoms with Crippen LogP contribution in [-0.2, 0) is 37.8 Å². The van der Waals surface area contributed by atoms with E-state index in [1.165, 1.54) is 23.4 Å². The van der Waals surface area contributed by atoms with Crippen molar-refractivity contribution in [3.8, 4) is 0 Å². The number of hydrogen-bond donors (Lipinski definition) is 1. The second-order valence-corrected chi connectivity index (χ2v) is 8.96. The molecule has 0 aromatic carbocycles. The topological polar surface area (TPSA) is 80.5 Å². The summed E-state index contributed by atoms with van der Waals surface area (Å²) in [5, 5.41) is 12.3. The summed E-state index contributed by atoms with van der Waals surface area (Å²) in [5.41, 5.74) is 5.22. The molecule has 32 heavy (non-hydrogen) atoms. The Labute approximate surface area is 190 Å². The van der Waals surface area contributed by atoms with E-state index >= 15 is 0 Å². The fourth-order valence-electron chi connectivity index (χ4n) is 5.00. The van der Waals surface area contributed by atoms with Crippen LogP contribution in [0.2, 0.25) is 0 Å². The standard InChI is InChI=1S/C23H37N7O2/c1-5-29-9-6-7-19(29)14-24-23(31)22-20-16-28(15-18-13-25-27(3)17(18)2)10-8-21(20)30(26-22)11-12-32-4/h13,19H,5-12,14-16H2,1-4H3,(H,24,31). The number of likely N-dealkylation sites (tertiary alicyclic amines) is 1. The summed E-state index contributed by atoms with van der Waals surface area (Å²) in [5.74, 6) is -0.0558. The molecule has 4 heterocycles. The van der Waals surface area contributed by atoms with Crippen LogP contribution in [0.4, 0.5) is 0 Å². The van der Waals surface area contributed by atoms with Gasteiger partial charge in [-0.3, -0.25) is 24.0 Å². The van der Waals surface area contributed by atoms with Gasteiger partial charge in [0.1, 0.15) is 0 Å². The predicted molar refractivity (Wildman–Crippen MR) is 122 cm³/mol. The first-order valence-electron chi connectivity index (χ1n) is 11.8. The number of nitrogens with zero attached hydrogens (tertiary/aromatic N) is 6. The largest absolute Gasteiger partial charge is 0.383 e. The van der Waals surface area contributed by atoms with E-state index in [4.69, 9.17) is 9.84 Å². The van der Waals surface area contributed by atoms with Gasteiger partial charge in [-0.05, 0) is 32.9 Å². The molecule has 176 valence electrons. The highest BCUT2D eigenvalue weighted by Crippen LogP contribution is 2.25. The van der Waals surface area contributed by atoms with Gasteiger partial charge < -0.3 is 10.1 Å². The van der Waals surface area contributed by atoms with Gasteiger partial charge in [-0.1, -0.05) is 6.92 Å². The SMILES string of the molecule is CCN1CCCC1CNC(=O)c1nn(CCOC)c2c1CN(Cc1cnn(C)c1C)CC2. The van der Waals surface area contributed by atoms with Gasteiger partial charge in [0.2, 0.25) is 0 Å². The van der Waals surface area contributed by atoms with E-state index in [-0.39, 0.29) is 5.91 Å². The van der Waals surface area contributed by atoms with Gasteiger partial charge in [0, 0.05) is 75.3 Å². The van der Waals surface area contributed by atoms with E-state index in [9.17, 15) is 4.79 Å². The zero-order valence-electron chi connectivity index (χ0n) is 19.9. The van der Waals surface area contributed by atoms with E-state index in [0.29, 0.717) is 31.4 Å². The molecule has 1 saturated heterocycles. The third kappa shape index (κ3) is 4.74. The number of amides is 1. The normalized spacial score (nSPS) is 19.4. The summed E-state index contributed by atoms with van der Waals surface area (Å²) in [7, 11) is 3.67. The molecule has 0 bridgehead atoms. The van der Waals surface area contributed by atoms with Crippen LogP contribution in [0.15, 0.2) is 6.20 Å². The lowest BCUT2D eigenvalue weighted by molar-refractivity contribution is 0.0932. The van der Waals surface area contributed by atoms with Gasteiger partial charge in [0.05, 0.1) is 19.3 Å². The Morgan fingerprint density at radius 1 is 1.34 bits per heavy atom. The molecular weight excluding hydrogens is 406 g/mol. The number of carbonyl (C=O) groups is 1. The van der Waals surface area contributed by atoms with Gasteiger partial charge >= 0.3 is 0 Å². The van der Waals surface area contributed by atoms with Crippen molar-refractivity contribution >= 4 is 5.91 Å². The monoisotopic (exact) mass is 443 g/mol. The van der Waals surface area contributed by atoms with E-state index in [0.717, 1.165) is 51.1 Å².